The second kappa shape index (κ2) is 7.18. The molecule has 28 heavy (non-hydrogen) atoms. The van der Waals surface area contributed by atoms with Gasteiger partial charge in [-0.15, -0.1) is 0 Å². The largest absolute Gasteiger partial charge is 0.416 e. The number of hydrogen-bond acceptors (Lipinski definition) is 3. The zero-order chi connectivity index (χ0) is 19.9. The van der Waals surface area contributed by atoms with Crippen LogP contribution in [0.15, 0.2) is 48.5 Å². The first-order valence-electron chi connectivity index (χ1n) is 8.26. The van der Waals surface area contributed by atoms with Gasteiger partial charge in [0.2, 0.25) is 0 Å². The van der Waals surface area contributed by atoms with Crippen LogP contribution in [0.4, 0.5) is 19.0 Å². The molecule has 0 fully saturated rings. The summed E-state index contributed by atoms with van der Waals surface area (Å²) in [6, 6.07) is 11.3. The Morgan fingerprint density at radius 3 is 2.61 bits per heavy atom. The number of benzene rings is 2. The Bertz CT molecular complexity index is 1050. The molecule has 0 bridgehead atoms. The van der Waals surface area contributed by atoms with Crippen LogP contribution in [0.3, 0.4) is 0 Å². The predicted octanol–water partition coefficient (Wildman–Crippen LogP) is 5.54. The molecule has 0 spiro atoms. The van der Waals surface area contributed by atoms with E-state index in [0.29, 0.717) is 28.0 Å². The Kier molecular flexibility index (Phi) is 4.84. The van der Waals surface area contributed by atoms with Crippen LogP contribution in [0.1, 0.15) is 27.2 Å². The number of hydrogen-bond donors (Lipinski definition) is 1. The molecule has 1 N–H and O–H groups in total. The third kappa shape index (κ3) is 3.62. The van der Waals surface area contributed by atoms with Crippen LogP contribution in [0, 0.1) is 0 Å². The SMILES string of the molecule is O=C(Nc1c2c(nn1-c1ccc(Cl)cc1)CSC2)c1cccc(C(F)(F)F)c1. The highest BCUT2D eigenvalue weighted by molar-refractivity contribution is 7.98. The highest BCUT2D eigenvalue weighted by Gasteiger charge is 2.31. The maximum absolute atomic E-state index is 12.9. The number of alkyl halides is 3. The summed E-state index contributed by atoms with van der Waals surface area (Å²) in [6.07, 6.45) is -4.51. The van der Waals surface area contributed by atoms with Crippen molar-refractivity contribution in [3.05, 3.63) is 75.9 Å². The van der Waals surface area contributed by atoms with E-state index in [2.05, 4.69) is 10.4 Å². The summed E-state index contributed by atoms with van der Waals surface area (Å²) in [5.74, 6) is 1.22. The number of halogens is 4. The number of nitrogens with zero attached hydrogens (tertiary/aromatic N) is 2. The average molecular weight is 424 g/mol. The van der Waals surface area contributed by atoms with Crippen molar-refractivity contribution in [2.24, 2.45) is 0 Å². The number of carbonyl (C=O) groups is 1. The zero-order valence-electron chi connectivity index (χ0n) is 14.3. The van der Waals surface area contributed by atoms with Crippen molar-refractivity contribution in [1.29, 1.82) is 0 Å². The van der Waals surface area contributed by atoms with Gasteiger partial charge >= 0.3 is 6.18 Å². The van der Waals surface area contributed by atoms with Gasteiger partial charge in [0, 0.05) is 27.7 Å². The molecular weight excluding hydrogens is 411 g/mol. The summed E-state index contributed by atoms with van der Waals surface area (Å²) in [7, 11) is 0. The fraction of sp³-hybridized carbons (Fsp3) is 0.158. The van der Waals surface area contributed by atoms with Crippen LogP contribution in [-0.4, -0.2) is 15.7 Å². The molecule has 0 saturated carbocycles. The summed E-state index contributed by atoms with van der Waals surface area (Å²) in [4.78, 5) is 12.7. The molecular formula is C19H13ClF3N3OS. The van der Waals surface area contributed by atoms with Gasteiger partial charge < -0.3 is 5.32 Å². The number of rotatable bonds is 3. The Morgan fingerprint density at radius 1 is 1.14 bits per heavy atom. The molecule has 0 saturated heterocycles. The van der Waals surface area contributed by atoms with E-state index in [1.54, 1.807) is 40.7 Å². The van der Waals surface area contributed by atoms with Crippen molar-refractivity contribution in [1.82, 2.24) is 9.78 Å². The van der Waals surface area contributed by atoms with Crippen LogP contribution in [0.5, 0.6) is 0 Å². The van der Waals surface area contributed by atoms with Crippen molar-refractivity contribution >= 4 is 35.1 Å². The first-order chi connectivity index (χ1) is 13.3. The van der Waals surface area contributed by atoms with Crippen LogP contribution in [0.2, 0.25) is 5.02 Å². The second-order valence-corrected chi connectivity index (χ2v) is 7.61. The minimum Gasteiger partial charge on any atom is -0.306 e. The maximum atomic E-state index is 12.9. The molecule has 1 aromatic heterocycles. The summed E-state index contributed by atoms with van der Waals surface area (Å²) >= 11 is 7.60. The number of nitrogens with one attached hydrogen (secondary N) is 1. The number of carbonyl (C=O) groups excluding carboxylic acids is 1. The summed E-state index contributed by atoms with van der Waals surface area (Å²) < 4.78 is 40.4. The van der Waals surface area contributed by atoms with E-state index in [-0.39, 0.29) is 5.56 Å². The van der Waals surface area contributed by atoms with E-state index >= 15 is 0 Å². The fourth-order valence-corrected chi connectivity index (χ4v) is 4.09. The lowest BCUT2D eigenvalue weighted by Gasteiger charge is -2.12. The van der Waals surface area contributed by atoms with E-state index in [1.807, 2.05) is 0 Å². The Balaban J connectivity index is 1.70. The third-order valence-electron chi connectivity index (χ3n) is 4.31. The summed E-state index contributed by atoms with van der Waals surface area (Å²) in [5.41, 5.74) is 1.48. The smallest absolute Gasteiger partial charge is 0.306 e. The van der Waals surface area contributed by atoms with Crippen LogP contribution in [-0.2, 0) is 17.7 Å². The molecule has 144 valence electrons. The summed E-state index contributed by atoms with van der Waals surface area (Å²) in [5, 5.41) is 7.86. The van der Waals surface area contributed by atoms with Crippen molar-refractivity contribution in [3.63, 3.8) is 0 Å². The highest BCUT2D eigenvalue weighted by Crippen LogP contribution is 2.36. The van der Waals surface area contributed by atoms with Gasteiger partial charge in [0.1, 0.15) is 5.82 Å². The number of thioether (sulfide) groups is 1. The molecule has 9 heteroatoms. The van der Waals surface area contributed by atoms with Crippen LogP contribution in [0.25, 0.3) is 5.69 Å². The standard InChI is InChI=1S/C19H13ClF3N3OS/c20-13-4-6-14(7-5-13)26-17(15-9-28-10-16(15)25-26)24-18(27)11-2-1-3-12(8-11)19(21,22)23/h1-8H,9-10H2,(H,24,27). The molecule has 4 nitrogen and oxygen atoms in total. The lowest BCUT2D eigenvalue weighted by Crippen LogP contribution is -2.17. The van der Waals surface area contributed by atoms with Gasteiger partial charge in [-0.1, -0.05) is 17.7 Å². The summed E-state index contributed by atoms with van der Waals surface area (Å²) in [6.45, 7) is 0. The van der Waals surface area contributed by atoms with Gasteiger partial charge in [-0.2, -0.15) is 30.0 Å². The topological polar surface area (TPSA) is 46.9 Å². The maximum Gasteiger partial charge on any atom is 0.416 e. The van der Waals surface area contributed by atoms with E-state index in [4.69, 9.17) is 11.6 Å². The Morgan fingerprint density at radius 2 is 1.89 bits per heavy atom. The molecule has 3 aromatic rings. The normalized spacial score (nSPS) is 13.4. The fourth-order valence-electron chi connectivity index (χ4n) is 2.93. The van der Waals surface area contributed by atoms with Crippen LogP contribution < -0.4 is 5.32 Å². The number of amides is 1. The first-order valence-corrected chi connectivity index (χ1v) is 9.79. The second-order valence-electron chi connectivity index (χ2n) is 6.19. The van der Waals surface area contributed by atoms with Gasteiger partial charge in [0.25, 0.3) is 5.91 Å². The van der Waals surface area contributed by atoms with Crippen molar-refractivity contribution in [2.75, 3.05) is 5.32 Å². The van der Waals surface area contributed by atoms with Crippen molar-refractivity contribution in [3.8, 4) is 5.69 Å². The predicted molar refractivity (Wildman–Crippen MR) is 103 cm³/mol. The third-order valence-corrected chi connectivity index (χ3v) is 5.53. The quantitative estimate of drug-likeness (QED) is 0.601. The van der Waals surface area contributed by atoms with E-state index < -0.39 is 17.6 Å². The number of fused-ring (bicyclic) bond motifs is 1. The monoisotopic (exact) mass is 423 g/mol. The van der Waals surface area contributed by atoms with E-state index in [9.17, 15) is 18.0 Å². The van der Waals surface area contributed by atoms with Gasteiger partial charge in [-0.05, 0) is 42.5 Å². The molecule has 2 heterocycles. The molecule has 0 atom stereocenters. The molecule has 1 aliphatic heterocycles. The Labute approximate surface area is 167 Å². The molecule has 0 radical (unpaired) electrons. The molecule has 1 aliphatic rings. The van der Waals surface area contributed by atoms with Gasteiger partial charge in [-0.25, -0.2) is 4.68 Å². The molecule has 0 unspecified atom stereocenters. The number of anilines is 1. The van der Waals surface area contributed by atoms with Gasteiger partial charge in [-0.3, -0.25) is 4.79 Å². The van der Waals surface area contributed by atoms with E-state index in [0.717, 1.165) is 23.4 Å². The molecule has 1 amide bonds. The number of aromatic nitrogens is 2. The lowest BCUT2D eigenvalue weighted by molar-refractivity contribution is -0.137. The molecule has 0 aliphatic carbocycles. The average Bonchev–Trinajstić information content (AvgIpc) is 3.24. The minimum atomic E-state index is -4.51. The van der Waals surface area contributed by atoms with Gasteiger partial charge in [0.15, 0.2) is 0 Å². The Hall–Kier alpha value is -2.45. The zero-order valence-corrected chi connectivity index (χ0v) is 15.8. The van der Waals surface area contributed by atoms with Crippen LogP contribution >= 0.6 is 23.4 Å². The van der Waals surface area contributed by atoms with Crippen molar-refractivity contribution < 1.29 is 18.0 Å². The van der Waals surface area contributed by atoms with E-state index in [1.165, 1.54) is 12.1 Å². The first kappa shape index (κ1) is 18.9. The van der Waals surface area contributed by atoms with Gasteiger partial charge in [0.05, 0.1) is 16.9 Å². The van der Waals surface area contributed by atoms with Crippen molar-refractivity contribution in [2.45, 2.75) is 17.7 Å². The molecule has 4 rings (SSSR count). The highest BCUT2D eigenvalue weighted by atomic mass is 35.5. The lowest BCUT2D eigenvalue weighted by atomic mass is 10.1. The minimum absolute atomic E-state index is 0.0712. The molecule has 2 aromatic carbocycles.